The van der Waals surface area contributed by atoms with Crippen LogP contribution in [0.25, 0.3) is 21.8 Å². The van der Waals surface area contributed by atoms with Gasteiger partial charge in [-0.05, 0) is 79.4 Å². The maximum Gasteiger partial charge on any atom is 0.132 e. The van der Waals surface area contributed by atoms with E-state index in [4.69, 9.17) is 9.97 Å². The molecule has 5 aromatic rings. The van der Waals surface area contributed by atoms with Gasteiger partial charge in [-0.2, -0.15) is 0 Å². The SMILES string of the molecule is Fc1cccc2nc(C3CN(c4ccc5ccccc5n4)C3)c(C3CCNC(c4ccccn4)C3)cc12. The molecule has 5 nitrogen and oxygen atoms in total. The van der Waals surface area contributed by atoms with E-state index >= 15 is 0 Å². The Morgan fingerprint density at radius 3 is 2.59 bits per heavy atom. The van der Waals surface area contributed by atoms with E-state index in [1.165, 1.54) is 11.6 Å². The van der Waals surface area contributed by atoms with Crippen molar-refractivity contribution < 1.29 is 4.39 Å². The van der Waals surface area contributed by atoms with Crippen molar-refractivity contribution in [3.63, 3.8) is 0 Å². The van der Waals surface area contributed by atoms with Gasteiger partial charge in [0.25, 0.3) is 0 Å². The third kappa shape index (κ3) is 4.11. The molecule has 2 unspecified atom stereocenters. The summed E-state index contributed by atoms with van der Waals surface area (Å²) >= 11 is 0. The molecule has 5 heterocycles. The molecular weight excluding hydrogens is 461 g/mol. The third-order valence-corrected chi connectivity index (χ3v) is 7.93. The molecule has 0 aliphatic carbocycles. The molecule has 37 heavy (non-hydrogen) atoms. The molecule has 7 rings (SSSR count). The van der Waals surface area contributed by atoms with Crippen molar-refractivity contribution in [3.05, 3.63) is 108 Å². The van der Waals surface area contributed by atoms with Crippen LogP contribution in [-0.2, 0) is 0 Å². The van der Waals surface area contributed by atoms with Crippen LogP contribution >= 0.6 is 0 Å². The second kappa shape index (κ2) is 9.20. The maximum absolute atomic E-state index is 14.8. The molecule has 0 saturated carbocycles. The monoisotopic (exact) mass is 489 g/mol. The van der Waals surface area contributed by atoms with Gasteiger partial charge >= 0.3 is 0 Å². The fourth-order valence-corrected chi connectivity index (χ4v) is 5.92. The number of nitrogens with zero attached hydrogens (tertiary/aromatic N) is 4. The number of pyridine rings is 3. The first-order valence-electron chi connectivity index (χ1n) is 13.1. The number of benzene rings is 2. The molecule has 0 spiro atoms. The van der Waals surface area contributed by atoms with Crippen molar-refractivity contribution >= 4 is 27.6 Å². The minimum absolute atomic E-state index is 0.184. The van der Waals surface area contributed by atoms with Gasteiger partial charge in [-0.3, -0.25) is 9.97 Å². The highest BCUT2D eigenvalue weighted by Gasteiger charge is 2.35. The lowest BCUT2D eigenvalue weighted by Gasteiger charge is -2.42. The summed E-state index contributed by atoms with van der Waals surface area (Å²) < 4.78 is 14.8. The molecule has 2 atom stereocenters. The lowest BCUT2D eigenvalue weighted by molar-refractivity contribution is 0.360. The van der Waals surface area contributed by atoms with E-state index in [0.29, 0.717) is 17.2 Å². The van der Waals surface area contributed by atoms with Crippen LogP contribution in [0.4, 0.5) is 10.2 Å². The van der Waals surface area contributed by atoms with E-state index in [2.05, 4.69) is 51.6 Å². The molecule has 2 fully saturated rings. The van der Waals surface area contributed by atoms with Crippen molar-refractivity contribution in [1.82, 2.24) is 20.3 Å². The molecule has 6 heteroatoms. The topological polar surface area (TPSA) is 53.9 Å². The molecule has 2 aliphatic heterocycles. The van der Waals surface area contributed by atoms with E-state index in [-0.39, 0.29) is 11.9 Å². The number of nitrogens with one attached hydrogen (secondary N) is 1. The Labute approximate surface area is 215 Å². The largest absolute Gasteiger partial charge is 0.355 e. The summed E-state index contributed by atoms with van der Waals surface area (Å²) in [4.78, 5) is 16.9. The van der Waals surface area contributed by atoms with Crippen molar-refractivity contribution in [2.45, 2.75) is 30.7 Å². The summed E-state index contributed by atoms with van der Waals surface area (Å²) in [7, 11) is 0. The predicted octanol–water partition coefficient (Wildman–Crippen LogP) is 6.13. The molecule has 2 aliphatic rings. The van der Waals surface area contributed by atoms with Crippen LogP contribution < -0.4 is 10.2 Å². The highest BCUT2D eigenvalue weighted by molar-refractivity contribution is 5.81. The summed E-state index contributed by atoms with van der Waals surface area (Å²) in [5, 5.41) is 5.39. The third-order valence-electron chi connectivity index (χ3n) is 7.93. The van der Waals surface area contributed by atoms with Gasteiger partial charge < -0.3 is 10.2 Å². The Hall–Kier alpha value is -3.90. The van der Waals surface area contributed by atoms with Gasteiger partial charge in [0, 0.05) is 36.0 Å². The van der Waals surface area contributed by atoms with Gasteiger partial charge in [0.05, 0.1) is 28.5 Å². The molecule has 184 valence electrons. The summed E-state index contributed by atoms with van der Waals surface area (Å²) in [5.74, 6) is 1.38. The molecule has 2 aromatic carbocycles. The first-order valence-corrected chi connectivity index (χ1v) is 13.1. The molecule has 3 aromatic heterocycles. The normalized spacial score (nSPS) is 20.3. The summed E-state index contributed by atoms with van der Waals surface area (Å²) in [6.45, 7) is 2.63. The number of rotatable bonds is 4. The first kappa shape index (κ1) is 22.3. The van der Waals surface area contributed by atoms with Gasteiger partial charge in [-0.1, -0.05) is 30.3 Å². The van der Waals surface area contributed by atoms with Crippen molar-refractivity contribution in [2.24, 2.45) is 0 Å². The number of para-hydroxylation sites is 1. The average molecular weight is 490 g/mol. The molecule has 0 bridgehead atoms. The molecular formula is C31H28FN5. The number of fused-ring (bicyclic) bond motifs is 2. The second-order valence-corrected chi connectivity index (χ2v) is 10.2. The number of anilines is 1. The number of hydrogen-bond acceptors (Lipinski definition) is 5. The first-order chi connectivity index (χ1) is 18.2. The highest BCUT2D eigenvalue weighted by Crippen LogP contribution is 2.41. The Kier molecular flexibility index (Phi) is 5.55. The lowest BCUT2D eigenvalue weighted by atomic mass is 9.80. The van der Waals surface area contributed by atoms with Crippen LogP contribution in [-0.4, -0.2) is 34.6 Å². The molecule has 2 saturated heterocycles. The predicted molar refractivity (Wildman–Crippen MR) is 145 cm³/mol. The van der Waals surface area contributed by atoms with Crippen molar-refractivity contribution in [3.8, 4) is 0 Å². The zero-order valence-electron chi connectivity index (χ0n) is 20.5. The fourth-order valence-electron chi connectivity index (χ4n) is 5.92. The van der Waals surface area contributed by atoms with Gasteiger partial charge in [-0.25, -0.2) is 9.37 Å². The minimum atomic E-state index is -0.205. The molecule has 0 amide bonds. The number of aromatic nitrogens is 3. The van der Waals surface area contributed by atoms with Crippen LogP contribution in [0.1, 0.15) is 47.7 Å². The molecule has 0 radical (unpaired) electrons. The van der Waals surface area contributed by atoms with Crippen LogP contribution in [0, 0.1) is 5.82 Å². The van der Waals surface area contributed by atoms with Crippen LogP contribution in [0.15, 0.2) is 85.1 Å². The van der Waals surface area contributed by atoms with Crippen molar-refractivity contribution in [1.29, 1.82) is 0 Å². The van der Waals surface area contributed by atoms with Crippen molar-refractivity contribution in [2.75, 3.05) is 24.5 Å². The van der Waals surface area contributed by atoms with Gasteiger partial charge in [0.2, 0.25) is 0 Å². The molecule has 1 N–H and O–H groups in total. The average Bonchev–Trinajstić information content (AvgIpc) is 2.93. The number of piperidine rings is 1. The van der Waals surface area contributed by atoms with Gasteiger partial charge in [-0.15, -0.1) is 0 Å². The number of halogens is 1. The van der Waals surface area contributed by atoms with Crippen LogP contribution in [0.5, 0.6) is 0 Å². The van der Waals surface area contributed by atoms with E-state index in [1.54, 1.807) is 6.07 Å². The van der Waals surface area contributed by atoms with Gasteiger partial charge in [0.1, 0.15) is 11.6 Å². The van der Waals surface area contributed by atoms with E-state index in [1.807, 2.05) is 36.5 Å². The Morgan fingerprint density at radius 2 is 1.70 bits per heavy atom. The minimum Gasteiger partial charge on any atom is -0.355 e. The Morgan fingerprint density at radius 1 is 0.838 bits per heavy atom. The van der Waals surface area contributed by atoms with Crippen LogP contribution in [0.2, 0.25) is 0 Å². The highest BCUT2D eigenvalue weighted by atomic mass is 19.1. The van der Waals surface area contributed by atoms with E-state index in [9.17, 15) is 4.39 Å². The second-order valence-electron chi connectivity index (χ2n) is 10.2. The standard InChI is InChI=1S/C31H28FN5/c32-25-7-5-10-27-24(25)17-23(21-13-15-34-29(16-21)28-9-3-4-14-33-28)31(36-27)22-18-37(19-22)30-12-11-20-6-1-2-8-26(20)35-30/h1-12,14,17,21-22,29,34H,13,15-16,18-19H2. The van der Waals surface area contributed by atoms with E-state index < -0.39 is 0 Å². The van der Waals surface area contributed by atoms with E-state index in [0.717, 1.165) is 66.1 Å². The quantitative estimate of drug-likeness (QED) is 0.329. The summed E-state index contributed by atoms with van der Waals surface area (Å²) in [6, 6.07) is 26.0. The summed E-state index contributed by atoms with van der Waals surface area (Å²) in [5.41, 5.74) is 5.11. The Balaban J connectivity index is 1.21. The zero-order chi connectivity index (χ0) is 24.8. The lowest BCUT2D eigenvalue weighted by Crippen LogP contribution is -2.46. The smallest absolute Gasteiger partial charge is 0.132 e. The summed E-state index contributed by atoms with van der Waals surface area (Å²) in [6.07, 6.45) is 3.78. The van der Waals surface area contributed by atoms with Gasteiger partial charge in [0.15, 0.2) is 0 Å². The zero-order valence-corrected chi connectivity index (χ0v) is 20.5. The maximum atomic E-state index is 14.8. The Bertz CT molecular complexity index is 1580. The van der Waals surface area contributed by atoms with Crippen LogP contribution in [0.3, 0.4) is 0 Å². The fraction of sp³-hybridized carbons (Fsp3) is 0.258. The number of hydrogen-bond donors (Lipinski definition) is 1.